The Hall–Kier alpha value is -1.59. The monoisotopic (exact) mass is 334 g/mol. The molecule has 6 nitrogen and oxygen atoms in total. The van der Waals surface area contributed by atoms with Crippen molar-refractivity contribution in [1.82, 2.24) is 19.2 Å². The van der Waals surface area contributed by atoms with Gasteiger partial charge >= 0.3 is 5.69 Å². The zero-order valence-electron chi connectivity index (χ0n) is 15.3. The molecular weight excluding hydrogens is 304 g/mol. The topological polar surface area (TPSA) is 60.1 Å². The zero-order valence-corrected chi connectivity index (χ0v) is 15.3. The molecule has 6 heteroatoms. The zero-order chi connectivity index (χ0) is 17.3. The number of hydrogen-bond donors (Lipinski definition) is 0. The Labute approximate surface area is 143 Å². The van der Waals surface area contributed by atoms with Crippen molar-refractivity contribution < 1.29 is 4.79 Å². The van der Waals surface area contributed by atoms with Gasteiger partial charge in [-0.25, -0.2) is 9.48 Å². The highest BCUT2D eigenvalue weighted by atomic mass is 16.2. The average Bonchev–Trinajstić information content (AvgIpc) is 2.79. The van der Waals surface area contributed by atoms with Crippen molar-refractivity contribution in [2.75, 3.05) is 13.6 Å². The molecule has 0 N–H and O–H groups in total. The van der Waals surface area contributed by atoms with E-state index in [0.717, 1.165) is 6.54 Å². The molecule has 0 aliphatic heterocycles. The molecule has 2 aliphatic carbocycles. The minimum atomic E-state index is -0.190. The summed E-state index contributed by atoms with van der Waals surface area (Å²) in [5.41, 5.74) is 0.314. The molecule has 0 aromatic carbocycles. The fourth-order valence-corrected chi connectivity index (χ4v) is 4.65. The number of hydrogen-bond acceptors (Lipinski definition) is 3. The van der Waals surface area contributed by atoms with E-state index >= 15 is 0 Å². The Morgan fingerprint density at radius 1 is 1.29 bits per heavy atom. The third-order valence-corrected chi connectivity index (χ3v) is 6.32. The molecule has 0 saturated heterocycles. The lowest BCUT2D eigenvalue weighted by atomic mass is 9.55. The van der Waals surface area contributed by atoms with E-state index in [0.29, 0.717) is 23.7 Å². The molecule has 1 amide bonds. The normalized spacial score (nSPS) is 22.4. The second-order valence-corrected chi connectivity index (χ2v) is 7.66. The fourth-order valence-electron chi connectivity index (χ4n) is 4.65. The summed E-state index contributed by atoms with van der Waals surface area (Å²) in [6, 6.07) is 0. The maximum atomic E-state index is 12.6. The first-order valence-electron chi connectivity index (χ1n) is 9.35. The molecular formula is C18H30N4O2. The molecule has 2 saturated carbocycles. The highest BCUT2D eigenvalue weighted by Gasteiger charge is 2.45. The van der Waals surface area contributed by atoms with Gasteiger partial charge in [-0.2, -0.15) is 5.10 Å². The first-order valence-corrected chi connectivity index (χ1v) is 9.35. The van der Waals surface area contributed by atoms with E-state index in [-0.39, 0.29) is 18.1 Å². The number of rotatable bonds is 5. The Morgan fingerprint density at radius 2 is 2.00 bits per heavy atom. The van der Waals surface area contributed by atoms with E-state index in [9.17, 15) is 9.59 Å². The van der Waals surface area contributed by atoms with Gasteiger partial charge in [-0.3, -0.25) is 9.36 Å². The van der Waals surface area contributed by atoms with Crippen molar-refractivity contribution >= 4 is 5.91 Å². The van der Waals surface area contributed by atoms with Crippen LogP contribution in [0.15, 0.2) is 4.79 Å². The maximum Gasteiger partial charge on any atom is 0.346 e. The molecule has 0 bridgehead atoms. The van der Waals surface area contributed by atoms with E-state index in [4.69, 9.17) is 0 Å². The van der Waals surface area contributed by atoms with E-state index in [1.165, 1.54) is 49.6 Å². The molecule has 1 unspecified atom stereocenters. The van der Waals surface area contributed by atoms with Crippen molar-refractivity contribution in [2.24, 2.45) is 11.3 Å². The van der Waals surface area contributed by atoms with E-state index < -0.39 is 0 Å². The molecule has 1 aromatic heterocycles. The van der Waals surface area contributed by atoms with Crippen molar-refractivity contribution in [3.8, 4) is 0 Å². The Morgan fingerprint density at radius 3 is 2.58 bits per heavy atom. The van der Waals surface area contributed by atoms with Gasteiger partial charge in [-0.05, 0) is 50.9 Å². The number of nitrogens with zero attached hydrogens (tertiary/aromatic N) is 4. The molecule has 2 aliphatic rings. The first kappa shape index (κ1) is 17.2. The summed E-state index contributed by atoms with van der Waals surface area (Å²) in [6.07, 6.45) is 9.21. The Balaban J connectivity index is 1.64. The third kappa shape index (κ3) is 3.03. The summed E-state index contributed by atoms with van der Waals surface area (Å²) >= 11 is 0. The maximum absolute atomic E-state index is 12.6. The molecule has 1 heterocycles. The minimum Gasteiger partial charge on any atom is -0.344 e. The van der Waals surface area contributed by atoms with E-state index in [2.05, 4.69) is 5.10 Å². The van der Waals surface area contributed by atoms with Gasteiger partial charge in [-0.15, -0.1) is 0 Å². The van der Waals surface area contributed by atoms with E-state index in [1.807, 2.05) is 18.9 Å². The summed E-state index contributed by atoms with van der Waals surface area (Å²) in [5.74, 6) is 1.28. The van der Waals surface area contributed by atoms with Crippen LogP contribution in [0, 0.1) is 18.3 Å². The lowest BCUT2D eigenvalue weighted by Crippen LogP contribution is -2.46. The van der Waals surface area contributed by atoms with E-state index in [1.54, 1.807) is 11.5 Å². The molecule has 134 valence electrons. The van der Waals surface area contributed by atoms with Gasteiger partial charge in [0.25, 0.3) is 0 Å². The SMILES string of the molecule is CCn1c(C)nn(CC(=O)N(C)CC2CCCCC23CCC3)c1=O. The van der Waals surface area contributed by atoms with Crippen LogP contribution in [0.1, 0.15) is 57.7 Å². The number of aryl methyl sites for hydroxylation is 1. The molecule has 2 fully saturated rings. The predicted octanol–water partition coefficient (Wildman–Crippen LogP) is 2.19. The lowest BCUT2D eigenvalue weighted by molar-refractivity contribution is -0.133. The van der Waals surface area contributed by atoms with Crippen LogP contribution in [0.3, 0.4) is 0 Å². The summed E-state index contributed by atoms with van der Waals surface area (Å²) in [6.45, 7) is 5.16. The minimum absolute atomic E-state index is 0.0158. The van der Waals surface area contributed by atoms with Crippen LogP contribution >= 0.6 is 0 Å². The fraction of sp³-hybridized carbons (Fsp3) is 0.833. The van der Waals surface area contributed by atoms with Crippen LogP contribution < -0.4 is 5.69 Å². The molecule has 1 aromatic rings. The summed E-state index contributed by atoms with van der Waals surface area (Å²) < 4.78 is 2.90. The number of carbonyl (C=O) groups excluding carboxylic acids is 1. The van der Waals surface area contributed by atoms with Gasteiger partial charge in [0, 0.05) is 20.1 Å². The quantitative estimate of drug-likeness (QED) is 0.829. The van der Waals surface area contributed by atoms with Gasteiger partial charge in [0.2, 0.25) is 5.91 Å². The second kappa shape index (κ2) is 6.73. The smallest absolute Gasteiger partial charge is 0.344 e. The summed E-state index contributed by atoms with van der Waals surface area (Å²) in [7, 11) is 1.87. The number of carbonyl (C=O) groups is 1. The second-order valence-electron chi connectivity index (χ2n) is 7.66. The predicted molar refractivity (Wildman–Crippen MR) is 92.8 cm³/mol. The van der Waals surface area contributed by atoms with Crippen molar-refractivity contribution in [1.29, 1.82) is 0 Å². The highest BCUT2D eigenvalue weighted by Crippen LogP contribution is 2.55. The largest absolute Gasteiger partial charge is 0.346 e. The van der Waals surface area contributed by atoms with Crippen LogP contribution in [0.5, 0.6) is 0 Å². The third-order valence-electron chi connectivity index (χ3n) is 6.32. The molecule has 3 rings (SSSR count). The van der Waals surface area contributed by atoms with Gasteiger partial charge < -0.3 is 4.90 Å². The molecule has 1 spiro atoms. The van der Waals surface area contributed by atoms with Crippen LogP contribution in [0.25, 0.3) is 0 Å². The van der Waals surface area contributed by atoms with Crippen molar-refractivity contribution in [3.63, 3.8) is 0 Å². The van der Waals surface area contributed by atoms with Crippen LogP contribution in [0.2, 0.25) is 0 Å². The molecule has 0 radical (unpaired) electrons. The van der Waals surface area contributed by atoms with Crippen LogP contribution in [-0.2, 0) is 17.9 Å². The number of aromatic nitrogens is 3. The Bertz CT molecular complexity index is 656. The number of likely N-dealkylation sites (N-methyl/N-ethyl adjacent to an activating group) is 1. The standard InChI is InChI=1S/C18H30N4O2/c1-4-21-14(2)19-22(17(21)24)13-16(23)20(3)12-15-8-5-6-9-18(15)10-7-11-18/h15H,4-13H2,1-3H3. The first-order chi connectivity index (χ1) is 11.5. The number of amides is 1. The molecule has 24 heavy (non-hydrogen) atoms. The van der Waals surface area contributed by atoms with Gasteiger partial charge in [0.05, 0.1) is 0 Å². The van der Waals surface area contributed by atoms with Crippen molar-refractivity contribution in [3.05, 3.63) is 16.3 Å². The van der Waals surface area contributed by atoms with Gasteiger partial charge in [-0.1, -0.05) is 19.3 Å². The van der Waals surface area contributed by atoms with Crippen LogP contribution in [0.4, 0.5) is 0 Å². The van der Waals surface area contributed by atoms with Gasteiger partial charge in [0.15, 0.2) is 0 Å². The summed E-state index contributed by atoms with van der Waals surface area (Å²) in [4.78, 5) is 26.6. The lowest BCUT2D eigenvalue weighted by Gasteiger charge is -2.52. The Kier molecular flexibility index (Phi) is 4.83. The van der Waals surface area contributed by atoms with Crippen LogP contribution in [-0.4, -0.2) is 38.7 Å². The molecule has 1 atom stereocenters. The average molecular weight is 334 g/mol. The summed E-state index contributed by atoms with van der Waals surface area (Å²) in [5, 5.41) is 4.23. The van der Waals surface area contributed by atoms with Gasteiger partial charge in [0.1, 0.15) is 12.4 Å². The highest BCUT2D eigenvalue weighted by molar-refractivity contribution is 5.75. The van der Waals surface area contributed by atoms with Crippen molar-refractivity contribution in [2.45, 2.75) is 71.9 Å².